The van der Waals surface area contributed by atoms with E-state index in [1.165, 1.54) is 0 Å². The Balaban J connectivity index is 2.14. The van der Waals surface area contributed by atoms with E-state index in [2.05, 4.69) is 4.99 Å². The largest absolute Gasteiger partial charge is 0.323 e. The minimum Gasteiger partial charge on any atom is -0.323 e. The predicted molar refractivity (Wildman–Crippen MR) is 58.6 cm³/mol. The zero-order valence-electron chi connectivity index (χ0n) is 8.13. The fraction of sp³-hybridized carbons (Fsp3) is 0.167. The van der Waals surface area contributed by atoms with Crippen molar-refractivity contribution in [3.8, 4) is 0 Å². The molecule has 1 amide bonds. The van der Waals surface area contributed by atoms with E-state index >= 15 is 0 Å². The zero-order valence-corrected chi connectivity index (χ0v) is 8.13. The van der Waals surface area contributed by atoms with E-state index in [1.54, 1.807) is 0 Å². The number of carbonyl (C=O) groups is 1. The molecule has 0 unspecified atom stereocenters. The third-order valence-corrected chi connectivity index (χ3v) is 2.76. The van der Waals surface area contributed by atoms with E-state index in [-0.39, 0.29) is 11.9 Å². The van der Waals surface area contributed by atoms with E-state index in [1.807, 2.05) is 47.5 Å². The van der Waals surface area contributed by atoms with E-state index < -0.39 is 0 Å². The highest BCUT2D eigenvalue weighted by atomic mass is 16.2. The van der Waals surface area contributed by atoms with Crippen LogP contribution < -0.4 is 0 Å². The summed E-state index contributed by atoms with van der Waals surface area (Å²) in [5.41, 5.74) is 1.46. The fourth-order valence-electron chi connectivity index (χ4n) is 1.97. The third kappa shape index (κ3) is 1.20. The van der Waals surface area contributed by atoms with Crippen LogP contribution in [0.25, 0.3) is 0 Å². The highest BCUT2D eigenvalue weighted by molar-refractivity contribution is 6.03. The van der Waals surface area contributed by atoms with Gasteiger partial charge in [0.2, 0.25) is 0 Å². The number of carbonyl (C=O) groups excluding carboxylic acids is 1. The lowest BCUT2D eigenvalue weighted by Crippen LogP contribution is -2.35. The van der Waals surface area contributed by atoms with Crippen molar-refractivity contribution in [3.05, 3.63) is 42.0 Å². The summed E-state index contributed by atoms with van der Waals surface area (Å²) in [6.07, 6.45) is 5.84. The fourth-order valence-corrected chi connectivity index (χ4v) is 1.97. The van der Waals surface area contributed by atoms with Gasteiger partial charge in [-0.05, 0) is 12.1 Å². The van der Waals surface area contributed by atoms with Gasteiger partial charge in [0.1, 0.15) is 0 Å². The molecule has 0 radical (unpaired) electrons. The summed E-state index contributed by atoms with van der Waals surface area (Å²) in [5, 5.41) is 0. The van der Waals surface area contributed by atoms with Gasteiger partial charge in [0.15, 0.2) is 0 Å². The summed E-state index contributed by atoms with van der Waals surface area (Å²) < 4.78 is 0. The van der Waals surface area contributed by atoms with E-state index in [0.29, 0.717) is 12.1 Å². The maximum absolute atomic E-state index is 12.1. The summed E-state index contributed by atoms with van der Waals surface area (Å²) >= 11 is 0. The van der Waals surface area contributed by atoms with Gasteiger partial charge in [-0.2, -0.15) is 0 Å². The van der Waals surface area contributed by atoms with Crippen molar-refractivity contribution in [2.45, 2.75) is 6.04 Å². The van der Waals surface area contributed by atoms with Crippen molar-refractivity contribution < 1.29 is 4.79 Å². The molecule has 15 heavy (non-hydrogen) atoms. The first-order chi connectivity index (χ1) is 7.36. The molecular weight excluding hydrogens is 188 g/mol. The second-order valence-corrected chi connectivity index (χ2v) is 3.67. The number of hydrogen-bond acceptors (Lipinski definition) is 2. The molecule has 0 aromatic heterocycles. The molecule has 0 saturated carbocycles. The number of benzene rings is 1. The SMILES string of the molecule is O=C1c2ccccc2N=C[C@@H]2C=CCN12. The number of fused-ring (bicyclic) bond motifs is 2. The molecule has 0 spiro atoms. The van der Waals surface area contributed by atoms with Crippen LogP contribution in [-0.4, -0.2) is 29.6 Å². The second-order valence-electron chi connectivity index (χ2n) is 3.67. The lowest BCUT2D eigenvalue weighted by Gasteiger charge is -2.19. The standard InChI is InChI=1S/C12H10N2O/c15-12-10-5-1-2-6-11(10)13-8-9-4-3-7-14(9)12/h1-6,8-9H,7H2/t9-/m0/s1. The van der Waals surface area contributed by atoms with Gasteiger partial charge in [-0.25, -0.2) is 0 Å². The minimum absolute atomic E-state index is 0.0323. The van der Waals surface area contributed by atoms with Gasteiger partial charge >= 0.3 is 0 Å². The Morgan fingerprint density at radius 3 is 3.13 bits per heavy atom. The molecular formula is C12H10N2O. The molecule has 3 rings (SSSR count). The molecule has 2 aliphatic rings. The Kier molecular flexibility index (Phi) is 1.71. The molecule has 1 atom stereocenters. The maximum atomic E-state index is 12.1. The quantitative estimate of drug-likeness (QED) is 0.585. The van der Waals surface area contributed by atoms with Gasteiger partial charge < -0.3 is 4.90 Å². The highest BCUT2D eigenvalue weighted by Crippen LogP contribution is 2.25. The summed E-state index contributed by atoms with van der Waals surface area (Å²) in [7, 11) is 0. The van der Waals surface area contributed by atoms with Crippen LogP contribution in [0.2, 0.25) is 0 Å². The maximum Gasteiger partial charge on any atom is 0.257 e. The van der Waals surface area contributed by atoms with Gasteiger partial charge in [-0.3, -0.25) is 9.79 Å². The molecule has 3 nitrogen and oxygen atoms in total. The average molecular weight is 198 g/mol. The van der Waals surface area contributed by atoms with Gasteiger partial charge in [0, 0.05) is 12.8 Å². The lowest BCUT2D eigenvalue weighted by molar-refractivity contribution is 0.0784. The molecule has 0 aliphatic carbocycles. The normalized spacial score (nSPS) is 22.5. The van der Waals surface area contributed by atoms with E-state index in [0.717, 1.165) is 5.69 Å². The summed E-state index contributed by atoms with van der Waals surface area (Å²) in [4.78, 5) is 18.3. The Bertz CT molecular complexity index is 476. The molecule has 0 bridgehead atoms. The number of nitrogens with zero attached hydrogens (tertiary/aromatic N) is 2. The van der Waals surface area contributed by atoms with Crippen LogP contribution in [0.3, 0.4) is 0 Å². The average Bonchev–Trinajstić information content (AvgIpc) is 2.69. The molecule has 0 fully saturated rings. The van der Waals surface area contributed by atoms with Crippen molar-refractivity contribution in [1.29, 1.82) is 0 Å². The third-order valence-electron chi connectivity index (χ3n) is 2.76. The van der Waals surface area contributed by atoms with Crippen molar-refractivity contribution in [2.75, 3.05) is 6.54 Å². The molecule has 74 valence electrons. The van der Waals surface area contributed by atoms with Crippen LogP contribution in [0.15, 0.2) is 41.4 Å². The monoisotopic (exact) mass is 198 g/mol. The van der Waals surface area contributed by atoms with Crippen LogP contribution in [0.1, 0.15) is 10.4 Å². The molecule has 3 heteroatoms. The van der Waals surface area contributed by atoms with Gasteiger partial charge in [0.05, 0.1) is 17.3 Å². The first-order valence-corrected chi connectivity index (χ1v) is 4.97. The van der Waals surface area contributed by atoms with E-state index in [9.17, 15) is 4.79 Å². The summed E-state index contributed by atoms with van der Waals surface area (Å²) in [6.45, 7) is 0.684. The molecule has 2 heterocycles. The molecule has 1 aromatic rings. The molecule has 2 aliphatic heterocycles. The number of hydrogen-bond donors (Lipinski definition) is 0. The Morgan fingerprint density at radius 2 is 2.20 bits per heavy atom. The van der Waals surface area contributed by atoms with Crippen molar-refractivity contribution in [2.24, 2.45) is 4.99 Å². The molecule has 0 saturated heterocycles. The number of rotatable bonds is 0. The van der Waals surface area contributed by atoms with Gasteiger partial charge in [-0.15, -0.1) is 0 Å². The van der Waals surface area contributed by atoms with Crippen molar-refractivity contribution >= 4 is 17.8 Å². The smallest absolute Gasteiger partial charge is 0.257 e. The van der Waals surface area contributed by atoms with Crippen molar-refractivity contribution in [3.63, 3.8) is 0 Å². The zero-order chi connectivity index (χ0) is 10.3. The predicted octanol–water partition coefficient (Wildman–Crippen LogP) is 1.78. The molecule has 1 aromatic carbocycles. The van der Waals surface area contributed by atoms with Crippen LogP contribution in [-0.2, 0) is 0 Å². The summed E-state index contributed by atoms with van der Waals surface area (Å²) in [5.74, 6) is 0.0677. The van der Waals surface area contributed by atoms with Crippen molar-refractivity contribution in [1.82, 2.24) is 4.90 Å². The van der Waals surface area contributed by atoms with Crippen LogP contribution in [0, 0.1) is 0 Å². The number of aliphatic imine (C=N–C) groups is 1. The second kappa shape index (κ2) is 3.05. The van der Waals surface area contributed by atoms with Gasteiger partial charge in [0.25, 0.3) is 5.91 Å². The minimum atomic E-state index is 0.0323. The van der Waals surface area contributed by atoms with Crippen LogP contribution in [0.5, 0.6) is 0 Å². The highest BCUT2D eigenvalue weighted by Gasteiger charge is 2.27. The molecule has 0 N–H and O–H groups in total. The van der Waals surface area contributed by atoms with Crippen LogP contribution in [0.4, 0.5) is 5.69 Å². The Labute approximate surface area is 87.7 Å². The Morgan fingerprint density at radius 1 is 1.33 bits per heavy atom. The van der Waals surface area contributed by atoms with E-state index in [4.69, 9.17) is 0 Å². The topological polar surface area (TPSA) is 32.7 Å². The summed E-state index contributed by atoms with van der Waals surface area (Å²) in [6, 6.07) is 7.50. The first kappa shape index (κ1) is 8.41. The van der Waals surface area contributed by atoms with Crippen LogP contribution >= 0.6 is 0 Å². The number of para-hydroxylation sites is 1. The number of amides is 1. The Hall–Kier alpha value is -1.90. The first-order valence-electron chi connectivity index (χ1n) is 4.97. The van der Waals surface area contributed by atoms with Gasteiger partial charge in [-0.1, -0.05) is 24.3 Å². The lowest BCUT2D eigenvalue weighted by atomic mass is 10.1.